The molecule has 0 aliphatic carbocycles. The van der Waals surface area contributed by atoms with Crippen molar-refractivity contribution in [2.24, 2.45) is 0 Å². The molecule has 0 saturated carbocycles. The fourth-order valence-electron chi connectivity index (χ4n) is 3.12. The first-order chi connectivity index (χ1) is 14.3. The molecule has 0 atom stereocenters. The van der Waals surface area contributed by atoms with Crippen LogP contribution in [0.3, 0.4) is 0 Å². The Morgan fingerprint density at radius 2 is 1.50 bits per heavy atom. The molecule has 0 bridgehead atoms. The SMILES string of the molecule is O=[N+]([O-])c1ccc2c(c1)OC(c1ccc(Br)cc1)=C(Cc1ccc(Br)cc1)S2(=O)=O. The van der Waals surface area contributed by atoms with E-state index in [2.05, 4.69) is 31.9 Å². The highest BCUT2D eigenvalue weighted by Crippen LogP contribution is 2.42. The van der Waals surface area contributed by atoms with Crippen LogP contribution in [-0.2, 0) is 16.3 Å². The Kier molecular flexibility index (Phi) is 5.52. The van der Waals surface area contributed by atoms with Gasteiger partial charge in [0.15, 0.2) is 5.75 Å². The van der Waals surface area contributed by atoms with Crippen LogP contribution in [0.25, 0.3) is 5.76 Å². The number of rotatable bonds is 4. The van der Waals surface area contributed by atoms with Crippen molar-refractivity contribution in [1.82, 2.24) is 0 Å². The average Bonchev–Trinajstić information content (AvgIpc) is 2.71. The summed E-state index contributed by atoms with van der Waals surface area (Å²) in [7, 11) is -3.93. The van der Waals surface area contributed by atoms with Crippen LogP contribution in [0.1, 0.15) is 11.1 Å². The summed E-state index contributed by atoms with van der Waals surface area (Å²) in [6.07, 6.45) is 0.122. The lowest BCUT2D eigenvalue weighted by Crippen LogP contribution is -2.18. The average molecular weight is 551 g/mol. The van der Waals surface area contributed by atoms with Gasteiger partial charge in [-0.05, 0) is 35.9 Å². The van der Waals surface area contributed by atoms with Gasteiger partial charge in [-0.1, -0.05) is 56.1 Å². The number of hydrogen-bond donors (Lipinski definition) is 0. The quantitative estimate of drug-likeness (QED) is 0.298. The third-order valence-electron chi connectivity index (χ3n) is 4.60. The van der Waals surface area contributed by atoms with E-state index in [1.165, 1.54) is 12.1 Å². The van der Waals surface area contributed by atoms with Crippen LogP contribution < -0.4 is 4.74 Å². The lowest BCUT2D eigenvalue weighted by molar-refractivity contribution is -0.385. The third-order valence-corrected chi connectivity index (χ3v) is 7.55. The molecular formula is C21H13Br2NO5S. The molecule has 0 spiro atoms. The number of hydrogen-bond acceptors (Lipinski definition) is 5. The molecule has 1 heterocycles. The van der Waals surface area contributed by atoms with E-state index in [-0.39, 0.29) is 33.4 Å². The van der Waals surface area contributed by atoms with Crippen molar-refractivity contribution in [3.63, 3.8) is 0 Å². The molecule has 0 fully saturated rings. The Labute approximate surface area is 189 Å². The molecule has 152 valence electrons. The normalized spacial score (nSPS) is 14.7. The van der Waals surface area contributed by atoms with Crippen molar-refractivity contribution in [3.05, 3.63) is 102 Å². The second-order valence-electron chi connectivity index (χ2n) is 6.56. The van der Waals surface area contributed by atoms with E-state index in [9.17, 15) is 18.5 Å². The Balaban J connectivity index is 1.91. The summed E-state index contributed by atoms with van der Waals surface area (Å²) < 4.78 is 34.6. The van der Waals surface area contributed by atoms with Gasteiger partial charge in [-0.2, -0.15) is 0 Å². The highest BCUT2D eigenvalue weighted by Gasteiger charge is 2.35. The van der Waals surface area contributed by atoms with E-state index in [1.54, 1.807) is 24.3 Å². The first kappa shape index (κ1) is 20.8. The third kappa shape index (κ3) is 3.92. The van der Waals surface area contributed by atoms with Gasteiger partial charge in [-0.25, -0.2) is 8.42 Å². The van der Waals surface area contributed by atoms with Crippen LogP contribution >= 0.6 is 31.9 Å². The molecule has 1 aliphatic rings. The highest BCUT2D eigenvalue weighted by atomic mass is 79.9. The van der Waals surface area contributed by atoms with Gasteiger partial charge in [0.2, 0.25) is 9.84 Å². The van der Waals surface area contributed by atoms with Gasteiger partial charge in [0.05, 0.1) is 15.9 Å². The number of benzene rings is 3. The summed E-state index contributed by atoms with van der Waals surface area (Å²) in [4.78, 5) is 10.6. The topological polar surface area (TPSA) is 86.5 Å². The number of allylic oxidation sites excluding steroid dienone is 1. The summed E-state index contributed by atoms with van der Waals surface area (Å²) >= 11 is 6.74. The Hall–Kier alpha value is -2.49. The molecule has 0 amide bonds. The number of nitro groups is 1. The molecule has 3 aromatic carbocycles. The van der Waals surface area contributed by atoms with Crippen molar-refractivity contribution in [2.45, 2.75) is 11.3 Å². The number of fused-ring (bicyclic) bond motifs is 1. The molecule has 1 aliphatic heterocycles. The van der Waals surface area contributed by atoms with Crippen molar-refractivity contribution in [2.75, 3.05) is 0 Å². The van der Waals surface area contributed by atoms with Crippen molar-refractivity contribution >= 4 is 53.1 Å². The minimum Gasteiger partial charge on any atom is -0.454 e. The van der Waals surface area contributed by atoms with Gasteiger partial charge in [0, 0.05) is 27.0 Å². The summed E-state index contributed by atoms with van der Waals surface area (Å²) in [6, 6.07) is 17.9. The molecule has 0 aromatic heterocycles. The molecule has 0 saturated heterocycles. The van der Waals surface area contributed by atoms with Crippen LogP contribution in [0.2, 0.25) is 0 Å². The molecule has 30 heavy (non-hydrogen) atoms. The van der Waals surface area contributed by atoms with Crippen LogP contribution in [0.5, 0.6) is 5.75 Å². The standard InChI is InChI=1S/C21H13Br2NO5S/c22-15-5-1-13(2-6-15)11-20-21(14-3-7-16(23)8-4-14)29-18-12-17(24(25)26)9-10-19(18)30(20,27)28/h1-10,12H,11H2. The van der Waals surface area contributed by atoms with Crippen LogP contribution in [0, 0.1) is 10.1 Å². The smallest absolute Gasteiger partial charge is 0.273 e. The van der Waals surface area contributed by atoms with Gasteiger partial charge in [-0.3, -0.25) is 10.1 Å². The fraction of sp³-hybridized carbons (Fsp3) is 0.0476. The molecular weight excluding hydrogens is 538 g/mol. The number of nitro benzene ring substituents is 1. The predicted molar refractivity (Wildman–Crippen MR) is 120 cm³/mol. The molecule has 3 aromatic rings. The van der Waals surface area contributed by atoms with Gasteiger partial charge >= 0.3 is 0 Å². The summed E-state index contributed by atoms with van der Waals surface area (Å²) in [5, 5.41) is 11.1. The van der Waals surface area contributed by atoms with Crippen LogP contribution in [0.4, 0.5) is 5.69 Å². The lowest BCUT2D eigenvalue weighted by atomic mass is 10.1. The molecule has 4 rings (SSSR count). The van der Waals surface area contributed by atoms with Gasteiger partial charge in [0.1, 0.15) is 10.7 Å². The maximum atomic E-state index is 13.5. The van der Waals surface area contributed by atoms with Crippen LogP contribution in [-0.4, -0.2) is 13.3 Å². The first-order valence-electron chi connectivity index (χ1n) is 8.70. The Bertz CT molecular complexity index is 1280. The maximum Gasteiger partial charge on any atom is 0.273 e. The second-order valence-corrected chi connectivity index (χ2v) is 10.3. The number of sulfone groups is 1. The largest absolute Gasteiger partial charge is 0.454 e. The maximum absolute atomic E-state index is 13.5. The second kappa shape index (κ2) is 7.98. The minimum atomic E-state index is -3.93. The van der Waals surface area contributed by atoms with E-state index in [4.69, 9.17) is 4.74 Å². The molecule has 9 heteroatoms. The van der Waals surface area contributed by atoms with Crippen LogP contribution in [0.15, 0.2) is 85.5 Å². The van der Waals surface area contributed by atoms with E-state index in [0.29, 0.717) is 5.56 Å². The summed E-state index contributed by atoms with van der Waals surface area (Å²) in [6.45, 7) is 0. The zero-order chi connectivity index (χ0) is 21.5. The van der Waals surface area contributed by atoms with E-state index in [0.717, 1.165) is 20.6 Å². The van der Waals surface area contributed by atoms with E-state index < -0.39 is 14.8 Å². The van der Waals surface area contributed by atoms with E-state index >= 15 is 0 Å². The Morgan fingerprint density at radius 1 is 0.900 bits per heavy atom. The summed E-state index contributed by atoms with van der Waals surface area (Å²) in [5.41, 5.74) is 1.11. The number of halogens is 2. The first-order valence-corrected chi connectivity index (χ1v) is 11.8. The number of ether oxygens (including phenoxy) is 1. The van der Waals surface area contributed by atoms with Gasteiger partial charge < -0.3 is 4.74 Å². The number of non-ortho nitro benzene ring substituents is 1. The fourth-order valence-corrected chi connectivity index (χ4v) is 5.28. The predicted octanol–water partition coefficient (Wildman–Crippen LogP) is 5.90. The lowest BCUT2D eigenvalue weighted by Gasteiger charge is -2.24. The number of nitrogens with zero attached hydrogens (tertiary/aromatic N) is 1. The van der Waals surface area contributed by atoms with Crippen molar-refractivity contribution in [1.29, 1.82) is 0 Å². The minimum absolute atomic E-state index is 0.0540. The molecule has 0 N–H and O–H groups in total. The van der Waals surface area contributed by atoms with Gasteiger partial charge in [-0.15, -0.1) is 0 Å². The van der Waals surface area contributed by atoms with Gasteiger partial charge in [0.25, 0.3) is 5.69 Å². The van der Waals surface area contributed by atoms with Crippen molar-refractivity contribution < 1.29 is 18.1 Å². The molecule has 0 unspecified atom stereocenters. The molecule has 0 radical (unpaired) electrons. The highest BCUT2D eigenvalue weighted by molar-refractivity contribution is 9.10. The van der Waals surface area contributed by atoms with Crippen molar-refractivity contribution in [3.8, 4) is 5.75 Å². The summed E-state index contributed by atoms with van der Waals surface area (Å²) in [5.74, 6) is 0.111. The van der Waals surface area contributed by atoms with E-state index in [1.807, 2.05) is 24.3 Å². The molecule has 6 nitrogen and oxygen atoms in total. The Morgan fingerprint density at radius 3 is 2.10 bits per heavy atom. The monoisotopic (exact) mass is 549 g/mol. The zero-order valence-corrected chi connectivity index (χ0v) is 19.2. The zero-order valence-electron chi connectivity index (χ0n) is 15.2.